The molecule has 1 saturated heterocycles. The molecule has 4 nitrogen and oxygen atoms in total. The maximum absolute atomic E-state index is 13.0. The van der Waals surface area contributed by atoms with Crippen molar-refractivity contribution in [2.24, 2.45) is 0 Å². The normalized spacial score (nSPS) is 14.8. The molecule has 0 unspecified atom stereocenters. The highest BCUT2D eigenvalue weighted by Crippen LogP contribution is 2.31. The second-order valence-corrected chi connectivity index (χ2v) is 8.08. The fraction of sp³-hybridized carbons (Fsp3) is 0.333. The summed E-state index contributed by atoms with van der Waals surface area (Å²) >= 11 is 1.72. The van der Waals surface area contributed by atoms with Gasteiger partial charge in [-0.1, -0.05) is 23.5 Å². The van der Waals surface area contributed by atoms with Crippen molar-refractivity contribution in [3.8, 4) is 0 Å². The third-order valence-corrected chi connectivity index (χ3v) is 6.24. The minimum atomic E-state index is -0.277. The van der Waals surface area contributed by atoms with Crippen molar-refractivity contribution in [2.75, 3.05) is 31.1 Å². The van der Waals surface area contributed by atoms with Gasteiger partial charge >= 0.3 is 0 Å². The second kappa shape index (κ2) is 7.27. The van der Waals surface area contributed by atoms with Gasteiger partial charge in [-0.25, -0.2) is 9.37 Å². The fourth-order valence-electron chi connectivity index (χ4n) is 3.34. The number of rotatable bonds is 3. The van der Waals surface area contributed by atoms with Crippen molar-refractivity contribution in [1.82, 2.24) is 9.88 Å². The molecule has 4 rings (SSSR count). The van der Waals surface area contributed by atoms with Crippen LogP contribution in [0.4, 0.5) is 9.52 Å². The Bertz CT molecular complexity index is 936. The van der Waals surface area contributed by atoms with Gasteiger partial charge in [0.1, 0.15) is 5.82 Å². The van der Waals surface area contributed by atoms with Gasteiger partial charge in [0.25, 0.3) is 0 Å². The number of fused-ring (bicyclic) bond motifs is 1. The Labute approximate surface area is 162 Å². The summed E-state index contributed by atoms with van der Waals surface area (Å²) in [4.78, 5) is 21.5. The summed E-state index contributed by atoms with van der Waals surface area (Å²) in [7, 11) is 0. The molecule has 6 heteroatoms. The first-order chi connectivity index (χ1) is 13.0. The van der Waals surface area contributed by atoms with E-state index in [0.717, 1.165) is 29.3 Å². The van der Waals surface area contributed by atoms with Crippen LogP contribution in [0, 0.1) is 19.7 Å². The van der Waals surface area contributed by atoms with Crippen LogP contribution in [0.1, 0.15) is 16.7 Å². The molecule has 1 aliphatic heterocycles. The minimum Gasteiger partial charge on any atom is -0.345 e. The number of aromatic nitrogens is 1. The fourth-order valence-corrected chi connectivity index (χ4v) is 4.44. The lowest BCUT2D eigenvalue weighted by molar-refractivity contribution is -0.130. The zero-order valence-corrected chi connectivity index (χ0v) is 16.4. The number of anilines is 1. The second-order valence-electron chi connectivity index (χ2n) is 7.07. The van der Waals surface area contributed by atoms with E-state index in [1.54, 1.807) is 23.5 Å². The number of hydrogen-bond donors (Lipinski definition) is 0. The molecule has 0 N–H and O–H groups in total. The summed E-state index contributed by atoms with van der Waals surface area (Å²) in [5, 5.41) is 1.03. The van der Waals surface area contributed by atoms with E-state index in [9.17, 15) is 9.18 Å². The Kier molecular flexibility index (Phi) is 4.83. The lowest BCUT2D eigenvalue weighted by Crippen LogP contribution is -2.49. The zero-order valence-electron chi connectivity index (χ0n) is 15.5. The van der Waals surface area contributed by atoms with Crippen molar-refractivity contribution >= 4 is 32.6 Å². The van der Waals surface area contributed by atoms with Crippen LogP contribution in [-0.2, 0) is 11.2 Å². The number of carbonyl (C=O) groups excluding carboxylic acids is 1. The number of nitrogens with zero attached hydrogens (tertiary/aromatic N) is 3. The van der Waals surface area contributed by atoms with E-state index in [2.05, 4.69) is 30.9 Å². The summed E-state index contributed by atoms with van der Waals surface area (Å²) in [6, 6.07) is 10.5. The van der Waals surface area contributed by atoms with Crippen molar-refractivity contribution in [3.05, 3.63) is 58.9 Å². The number of benzene rings is 2. The van der Waals surface area contributed by atoms with E-state index in [-0.39, 0.29) is 11.7 Å². The number of carbonyl (C=O) groups is 1. The summed E-state index contributed by atoms with van der Waals surface area (Å²) in [6.07, 6.45) is 0.319. The van der Waals surface area contributed by atoms with Crippen LogP contribution < -0.4 is 4.90 Å². The van der Waals surface area contributed by atoms with Crippen LogP contribution >= 0.6 is 11.3 Å². The molecular formula is C21H22FN3OS. The average molecular weight is 383 g/mol. The Morgan fingerprint density at radius 2 is 1.74 bits per heavy atom. The SMILES string of the molecule is Cc1cc2nc(N3CCN(C(=O)Cc4ccc(F)cc4)CC3)sc2cc1C. The number of amides is 1. The van der Waals surface area contributed by atoms with E-state index in [0.29, 0.717) is 19.5 Å². The molecule has 1 aromatic heterocycles. The molecule has 1 aliphatic rings. The molecule has 0 atom stereocenters. The van der Waals surface area contributed by atoms with Crippen LogP contribution in [0.5, 0.6) is 0 Å². The Morgan fingerprint density at radius 1 is 1.07 bits per heavy atom. The highest BCUT2D eigenvalue weighted by molar-refractivity contribution is 7.22. The molecule has 1 amide bonds. The van der Waals surface area contributed by atoms with Gasteiger partial charge in [-0.05, 0) is 54.8 Å². The quantitative estimate of drug-likeness (QED) is 0.687. The van der Waals surface area contributed by atoms with E-state index in [4.69, 9.17) is 4.98 Å². The molecule has 0 radical (unpaired) electrons. The molecule has 3 aromatic rings. The first-order valence-corrected chi connectivity index (χ1v) is 9.96. The monoisotopic (exact) mass is 383 g/mol. The highest BCUT2D eigenvalue weighted by atomic mass is 32.1. The van der Waals surface area contributed by atoms with Crippen molar-refractivity contribution in [1.29, 1.82) is 0 Å². The Balaban J connectivity index is 1.39. The van der Waals surface area contributed by atoms with Crippen LogP contribution in [0.15, 0.2) is 36.4 Å². The van der Waals surface area contributed by atoms with Crippen molar-refractivity contribution in [2.45, 2.75) is 20.3 Å². The number of piperazine rings is 1. The lowest BCUT2D eigenvalue weighted by Gasteiger charge is -2.34. The van der Waals surface area contributed by atoms with Gasteiger partial charge in [0, 0.05) is 26.2 Å². The standard InChI is InChI=1S/C21H22FN3OS/c1-14-11-18-19(12-15(14)2)27-21(23-18)25-9-7-24(8-10-25)20(26)13-16-3-5-17(22)6-4-16/h3-6,11-12H,7-10,13H2,1-2H3. The summed E-state index contributed by atoms with van der Waals surface area (Å²) in [6.45, 7) is 7.18. The molecule has 0 saturated carbocycles. The molecule has 2 heterocycles. The summed E-state index contributed by atoms with van der Waals surface area (Å²) in [5.41, 5.74) is 4.44. The van der Waals surface area contributed by atoms with Gasteiger partial charge in [0.2, 0.25) is 5.91 Å². The maximum atomic E-state index is 13.0. The predicted octanol–water partition coefficient (Wildman–Crippen LogP) is 3.94. The van der Waals surface area contributed by atoms with Gasteiger partial charge in [0.15, 0.2) is 5.13 Å². The molecule has 0 spiro atoms. The molecule has 1 fully saturated rings. The van der Waals surface area contributed by atoms with Gasteiger partial charge in [-0.3, -0.25) is 4.79 Å². The van der Waals surface area contributed by atoms with E-state index in [1.165, 1.54) is 28.0 Å². The van der Waals surface area contributed by atoms with Crippen LogP contribution in [0.25, 0.3) is 10.2 Å². The van der Waals surface area contributed by atoms with Crippen molar-refractivity contribution < 1.29 is 9.18 Å². The van der Waals surface area contributed by atoms with Crippen LogP contribution in [-0.4, -0.2) is 42.0 Å². The van der Waals surface area contributed by atoms with Gasteiger partial charge in [-0.15, -0.1) is 0 Å². The number of thiazole rings is 1. The topological polar surface area (TPSA) is 36.4 Å². The molecule has 2 aromatic carbocycles. The average Bonchev–Trinajstić information content (AvgIpc) is 3.07. The van der Waals surface area contributed by atoms with Gasteiger partial charge < -0.3 is 9.80 Å². The highest BCUT2D eigenvalue weighted by Gasteiger charge is 2.23. The first kappa shape index (κ1) is 17.9. The van der Waals surface area contributed by atoms with Crippen molar-refractivity contribution in [3.63, 3.8) is 0 Å². The summed E-state index contributed by atoms with van der Waals surface area (Å²) in [5.74, 6) is -0.183. The van der Waals surface area contributed by atoms with Crippen LogP contribution in [0.2, 0.25) is 0 Å². The van der Waals surface area contributed by atoms with E-state index >= 15 is 0 Å². The molecular weight excluding hydrogens is 361 g/mol. The largest absolute Gasteiger partial charge is 0.345 e. The molecule has 0 aliphatic carbocycles. The van der Waals surface area contributed by atoms with E-state index in [1.807, 2.05) is 4.90 Å². The smallest absolute Gasteiger partial charge is 0.227 e. The molecule has 27 heavy (non-hydrogen) atoms. The van der Waals surface area contributed by atoms with Gasteiger partial charge in [0.05, 0.1) is 16.6 Å². The molecule has 140 valence electrons. The Morgan fingerprint density at radius 3 is 2.44 bits per heavy atom. The van der Waals surface area contributed by atoms with Gasteiger partial charge in [-0.2, -0.15) is 0 Å². The van der Waals surface area contributed by atoms with Crippen LogP contribution in [0.3, 0.4) is 0 Å². The molecule has 0 bridgehead atoms. The Hall–Kier alpha value is -2.47. The van der Waals surface area contributed by atoms with E-state index < -0.39 is 0 Å². The lowest BCUT2D eigenvalue weighted by atomic mass is 10.1. The zero-order chi connectivity index (χ0) is 19.0. The predicted molar refractivity (Wildman–Crippen MR) is 108 cm³/mol. The number of aryl methyl sites for hydroxylation is 2. The third kappa shape index (κ3) is 3.81. The summed E-state index contributed by atoms with van der Waals surface area (Å²) < 4.78 is 14.2. The first-order valence-electron chi connectivity index (χ1n) is 9.14. The maximum Gasteiger partial charge on any atom is 0.227 e. The number of halogens is 1. The number of hydrogen-bond acceptors (Lipinski definition) is 4. The third-order valence-electron chi connectivity index (χ3n) is 5.16. The minimum absolute atomic E-state index is 0.0943.